The van der Waals surface area contributed by atoms with Gasteiger partial charge in [0, 0.05) is 16.8 Å². The van der Waals surface area contributed by atoms with Crippen LogP contribution in [0.25, 0.3) is 22.7 Å². The summed E-state index contributed by atoms with van der Waals surface area (Å²) in [6.07, 6.45) is 1.64. The minimum Gasteiger partial charge on any atom is -0.465 e. The number of benzene rings is 2. The van der Waals surface area contributed by atoms with Crippen LogP contribution >= 0.6 is 0 Å². The number of urea groups is 1. The minimum absolute atomic E-state index is 0.185. The highest BCUT2D eigenvalue weighted by Crippen LogP contribution is 2.28. The molecule has 150 valence electrons. The van der Waals surface area contributed by atoms with Crippen molar-refractivity contribution in [3.63, 3.8) is 0 Å². The summed E-state index contributed by atoms with van der Waals surface area (Å²) < 4.78 is 10.4. The smallest absolute Gasteiger partial charge is 0.325 e. The van der Waals surface area contributed by atoms with Gasteiger partial charge in [-0.15, -0.1) is 0 Å². The molecule has 29 heavy (non-hydrogen) atoms. The summed E-state index contributed by atoms with van der Waals surface area (Å²) in [5.41, 5.74) is 5.48. The van der Waals surface area contributed by atoms with Crippen LogP contribution in [-0.2, 0) is 9.53 Å². The Morgan fingerprint density at radius 2 is 1.86 bits per heavy atom. The summed E-state index contributed by atoms with van der Waals surface area (Å²) in [5, 5.41) is 5.09. The van der Waals surface area contributed by atoms with E-state index in [1.165, 1.54) is 0 Å². The zero-order valence-electron chi connectivity index (χ0n) is 16.6. The van der Waals surface area contributed by atoms with Crippen LogP contribution in [0, 0.1) is 13.8 Å². The Balaban J connectivity index is 1.65. The number of rotatable bonds is 6. The minimum atomic E-state index is -0.487. The predicted octanol–water partition coefficient (Wildman–Crippen LogP) is 4.31. The number of anilines is 1. The first kappa shape index (κ1) is 20.1. The Labute approximate surface area is 169 Å². The van der Waals surface area contributed by atoms with Gasteiger partial charge in [0.25, 0.3) is 0 Å². The molecule has 0 aliphatic heterocycles. The number of nitrogens with one attached hydrogen (secondary N) is 2. The van der Waals surface area contributed by atoms with E-state index in [0.717, 1.165) is 27.9 Å². The lowest BCUT2D eigenvalue weighted by Gasteiger charge is -2.07. The van der Waals surface area contributed by atoms with Crippen molar-refractivity contribution in [2.24, 2.45) is 0 Å². The van der Waals surface area contributed by atoms with Crippen LogP contribution in [0.2, 0.25) is 0 Å². The lowest BCUT2D eigenvalue weighted by atomic mass is 10.0. The first-order chi connectivity index (χ1) is 14.0. The number of carbonyl (C=O) groups is 2. The van der Waals surface area contributed by atoms with E-state index in [2.05, 4.69) is 33.8 Å². The molecule has 7 heteroatoms. The Morgan fingerprint density at radius 3 is 2.59 bits per heavy atom. The lowest BCUT2D eigenvalue weighted by molar-refractivity contribution is -0.141. The molecule has 0 saturated heterocycles. The van der Waals surface area contributed by atoms with E-state index >= 15 is 0 Å². The van der Waals surface area contributed by atoms with E-state index in [-0.39, 0.29) is 13.2 Å². The SMILES string of the molecule is CCOC(=O)CNC(=O)Nc1ccc(-c2nc(-c3cc(C)ccc3C)co2)cc1. The van der Waals surface area contributed by atoms with E-state index in [4.69, 9.17) is 9.15 Å². The van der Waals surface area contributed by atoms with Gasteiger partial charge < -0.3 is 19.8 Å². The fraction of sp³-hybridized carbons (Fsp3) is 0.227. The number of ether oxygens (including phenoxy) is 1. The van der Waals surface area contributed by atoms with E-state index < -0.39 is 12.0 Å². The molecule has 0 unspecified atom stereocenters. The van der Waals surface area contributed by atoms with Crippen LogP contribution in [0.3, 0.4) is 0 Å². The van der Waals surface area contributed by atoms with Gasteiger partial charge in [-0.05, 0) is 56.7 Å². The van der Waals surface area contributed by atoms with Crippen molar-refractivity contribution in [3.05, 3.63) is 59.9 Å². The normalized spacial score (nSPS) is 10.4. The second kappa shape index (κ2) is 9.05. The van der Waals surface area contributed by atoms with E-state index in [0.29, 0.717) is 11.6 Å². The molecule has 0 fully saturated rings. The standard InChI is InChI=1S/C22H23N3O4/c1-4-28-20(26)12-23-22(27)24-17-9-7-16(8-10-17)21-25-19(13-29-21)18-11-14(2)5-6-15(18)3/h5-11,13H,4,12H2,1-3H3,(H2,23,24,27). The van der Waals surface area contributed by atoms with Crippen LogP contribution in [0.4, 0.5) is 10.5 Å². The molecule has 0 saturated carbocycles. The molecule has 0 spiro atoms. The molecule has 2 N–H and O–H groups in total. The third-order valence-electron chi connectivity index (χ3n) is 4.26. The number of carbonyl (C=O) groups excluding carboxylic acids is 2. The molecule has 7 nitrogen and oxygen atoms in total. The molecule has 0 bridgehead atoms. The van der Waals surface area contributed by atoms with Crippen LogP contribution < -0.4 is 10.6 Å². The number of nitrogens with zero attached hydrogens (tertiary/aromatic N) is 1. The van der Waals surface area contributed by atoms with Gasteiger partial charge >= 0.3 is 12.0 Å². The summed E-state index contributed by atoms with van der Waals surface area (Å²) in [7, 11) is 0. The van der Waals surface area contributed by atoms with E-state index in [1.54, 1.807) is 37.5 Å². The summed E-state index contributed by atoms with van der Waals surface area (Å²) in [5.74, 6) is 0.0146. The summed E-state index contributed by atoms with van der Waals surface area (Å²) >= 11 is 0. The fourth-order valence-electron chi connectivity index (χ4n) is 2.78. The highest BCUT2D eigenvalue weighted by Gasteiger charge is 2.11. The van der Waals surface area contributed by atoms with Gasteiger partial charge in [0.15, 0.2) is 0 Å². The molecule has 3 aromatic rings. The zero-order valence-corrected chi connectivity index (χ0v) is 16.6. The van der Waals surface area contributed by atoms with Gasteiger partial charge in [-0.25, -0.2) is 9.78 Å². The maximum absolute atomic E-state index is 11.8. The first-order valence-corrected chi connectivity index (χ1v) is 9.30. The maximum atomic E-state index is 11.8. The van der Waals surface area contributed by atoms with E-state index in [1.807, 2.05) is 13.8 Å². The third-order valence-corrected chi connectivity index (χ3v) is 4.26. The Kier molecular flexibility index (Phi) is 6.29. The van der Waals surface area contributed by atoms with Crippen molar-refractivity contribution < 1.29 is 18.7 Å². The molecule has 2 amide bonds. The van der Waals surface area contributed by atoms with Gasteiger partial charge in [0.2, 0.25) is 5.89 Å². The van der Waals surface area contributed by atoms with Crippen molar-refractivity contribution in [2.75, 3.05) is 18.5 Å². The second-order valence-electron chi connectivity index (χ2n) is 6.55. The lowest BCUT2D eigenvalue weighted by Crippen LogP contribution is -2.34. The topological polar surface area (TPSA) is 93.5 Å². The predicted molar refractivity (Wildman–Crippen MR) is 111 cm³/mol. The summed E-state index contributed by atoms with van der Waals surface area (Å²) in [4.78, 5) is 27.7. The average Bonchev–Trinajstić information content (AvgIpc) is 3.19. The quantitative estimate of drug-likeness (QED) is 0.609. The molecule has 0 atom stereocenters. The zero-order chi connectivity index (χ0) is 20.8. The van der Waals surface area contributed by atoms with Crippen molar-refractivity contribution in [1.29, 1.82) is 0 Å². The number of aryl methyl sites for hydroxylation is 2. The van der Waals surface area contributed by atoms with E-state index in [9.17, 15) is 9.59 Å². The monoisotopic (exact) mass is 393 g/mol. The fourth-order valence-corrected chi connectivity index (χ4v) is 2.78. The van der Waals surface area contributed by atoms with Gasteiger partial charge in [-0.3, -0.25) is 4.79 Å². The molecule has 2 aromatic carbocycles. The number of hydrogen-bond acceptors (Lipinski definition) is 5. The Hall–Kier alpha value is -3.61. The van der Waals surface area contributed by atoms with Gasteiger partial charge in [0.1, 0.15) is 18.5 Å². The average molecular weight is 393 g/mol. The number of hydrogen-bond donors (Lipinski definition) is 2. The van der Waals surface area contributed by atoms with Gasteiger partial charge in [-0.1, -0.05) is 17.7 Å². The van der Waals surface area contributed by atoms with Crippen molar-refractivity contribution in [2.45, 2.75) is 20.8 Å². The summed E-state index contributed by atoms with van der Waals surface area (Å²) in [6, 6.07) is 12.8. The number of esters is 1. The second-order valence-corrected chi connectivity index (χ2v) is 6.55. The number of aromatic nitrogens is 1. The van der Waals surface area contributed by atoms with Crippen LogP contribution in [0.15, 0.2) is 53.1 Å². The molecule has 3 rings (SSSR count). The van der Waals surface area contributed by atoms with Crippen LogP contribution in [0.1, 0.15) is 18.1 Å². The van der Waals surface area contributed by atoms with Crippen LogP contribution in [-0.4, -0.2) is 30.1 Å². The maximum Gasteiger partial charge on any atom is 0.325 e. The highest BCUT2D eigenvalue weighted by molar-refractivity contribution is 5.91. The number of oxazole rings is 1. The Morgan fingerprint density at radius 1 is 1.10 bits per heavy atom. The number of amides is 2. The largest absolute Gasteiger partial charge is 0.465 e. The van der Waals surface area contributed by atoms with Gasteiger partial charge in [0.05, 0.1) is 6.61 Å². The van der Waals surface area contributed by atoms with Crippen LogP contribution in [0.5, 0.6) is 0 Å². The van der Waals surface area contributed by atoms with Crippen molar-refractivity contribution in [1.82, 2.24) is 10.3 Å². The molecule has 0 aliphatic carbocycles. The van der Waals surface area contributed by atoms with Crippen molar-refractivity contribution in [3.8, 4) is 22.7 Å². The van der Waals surface area contributed by atoms with Crippen molar-refractivity contribution >= 4 is 17.7 Å². The third kappa shape index (κ3) is 5.22. The highest BCUT2D eigenvalue weighted by atomic mass is 16.5. The molecule has 1 heterocycles. The molecular formula is C22H23N3O4. The Bertz CT molecular complexity index is 1010. The molecule has 1 aromatic heterocycles. The summed E-state index contributed by atoms with van der Waals surface area (Å²) in [6.45, 7) is 5.87. The molecule has 0 aliphatic rings. The van der Waals surface area contributed by atoms with Gasteiger partial charge in [-0.2, -0.15) is 0 Å². The first-order valence-electron chi connectivity index (χ1n) is 9.30. The molecular weight excluding hydrogens is 370 g/mol. The molecule has 0 radical (unpaired) electrons.